The van der Waals surface area contributed by atoms with E-state index >= 15 is 0 Å². The Morgan fingerprint density at radius 3 is 1.94 bits per heavy atom. The van der Waals surface area contributed by atoms with Crippen LogP contribution >= 0.6 is 0 Å². The summed E-state index contributed by atoms with van der Waals surface area (Å²) in [6, 6.07) is 0. The average molecular weight is 693 g/mol. The molecule has 0 saturated carbocycles. The van der Waals surface area contributed by atoms with Crippen LogP contribution in [0.2, 0.25) is 0 Å². The first-order valence-electron chi connectivity index (χ1n) is 21.3. The SMILES string of the molecule is CCCCC/C=C\C/C=C\CCCCCCCC(=O)Oc1c(C)c(C)c2c(c1C)CC[C@@](C)(CCC[C@@H](C)CCC[C@@H](C)CCCC(C)C)O2. The van der Waals surface area contributed by atoms with Gasteiger partial charge in [0.2, 0.25) is 0 Å². The van der Waals surface area contributed by atoms with Crippen molar-refractivity contribution in [1.29, 1.82) is 0 Å². The van der Waals surface area contributed by atoms with Gasteiger partial charge in [0.1, 0.15) is 17.1 Å². The molecule has 0 bridgehead atoms. The summed E-state index contributed by atoms with van der Waals surface area (Å²) in [6.07, 6.45) is 36.6. The fourth-order valence-electron chi connectivity index (χ4n) is 7.66. The van der Waals surface area contributed by atoms with Crippen LogP contribution in [0.25, 0.3) is 0 Å². The Labute approximate surface area is 310 Å². The number of benzene rings is 1. The van der Waals surface area contributed by atoms with Gasteiger partial charge < -0.3 is 9.47 Å². The Balaban J connectivity index is 1.70. The molecular weight excluding hydrogens is 613 g/mol. The number of esters is 1. The van der Waals surface area contributed by atoms with Crippen LogP contribution in [0.5, 0.6) is 11.5 Å². The molecular formula is C47H80O3. The average Bonchev–Trinajstić information content (AvgIpc) is 3.07. The summed E-state index contributed by atoms with van der Waals surface area (Å²) >= 11 is 0. The fourth-order valence-corrected chi connectivity index (χ4v) is 7.66. The first-order valence-corrected chi connectivity index (χ1v) is 21.3. The number of unbranched alkanes of at least 4 members (excludes halogenated alkanes) is 8. The van der Waals surface area contributed by atoms with Gasteiger partial charge in [-0.1, -0.05) is 136 Å². The number of fused-ring (bicyclic) bond motifs is 1. The molecule has 1 aliphatic heterocycles. The molecule has 3 atom stereocenters. The van der Waals surface area contributed by atoms with E-state index in [1.165, 1.54) is 102 Å². The Morgan fingerprint density at radius 2 is 1.30 bits per heavy atom. The van der Waals surface area contributed by atoms with Crippen LogP contribution in [0.3, 0.4) is 0 Å². The third-order valence-corrected chi connectivity index (χ3v) is 11.4. The van der Waals surface area contributed by atoms with Gasteiger partial charge in [-0.15, -0.1) is 0 Å². The topological polar surface area (TPSA) is 35.5 Å². The van der Waals surface area contributed by atoms with Crippen molar-refractivity contribution in [1.82, 2.24) is 0 Å². The number of hydrogen-bond acceptors (Lipinski definition) is 3. The van der Waals surface area contributed by atoms with Crippen molar-refractivity contribution in [3.8, 4) is 11.5 Å². The highest BCUT2D eigenvalue weighted by Crippen LogP contribution is 2.45. The van der Waals surface area contributed by atoms with Gasteiger partial charge in [-0.05, 0) is 126 Å². The summed E-state index contributed by atoms with van der Waals surface area (Å²) in [5, 5.41) is 0. The lowest BCUT2D eigenvalue weighted by Crippen LogP contribution is -2.37. The molecule has 0 radical (unpaired) electrons. The van der Waals surface area contributed by atoms with Gasteiger partial charge in [0.25, 0.3) is 0 Å². The van der Waals surface area contributed by atoms with Gasteiger partial charge >= 0.3 is 5.97 Å². The Morgan fingerprint density at radius 1 is 0.720 bits per heavy atom. The normalized spacial score (nSPS) is 17.4. The van der Waals surface area contributed by atoms with Gasteiger partial charge in [-0.25, -0.2) is 0 Å². The Hall–Kier alpha value is -2.03. The van der Waals surface area contributed by atoms with Crippen LogP contribution in [0, 0.1) is 38.5 Å². The van der Waals surface area contributed by atoms with Gasteiger partial charge in [-0.3, -0.25) is 4.79 Å². The second kappa shape index (κ2) is 25.0. The van der Waals surface area contributed by atoms with E-state index < -0.39 is 0 Å². The molecule has 3 heteroatoms. The predicted octanol–water partition coefficient (Wildman–Crippen LogP) is 14.9. The second-order valence-corrected chi connectivity index (χ2v) is 16.9. The lowest BCUT2D eigenvalue weighted by molar-refractivity contribution is -0.134. The molecule has 1 heterocycles. The molecule has 3 nitrogen and oxygen atoms in total. The van der Waals surface area contributed by atoms with Crippen LogP contribution in [0.1, 0.15) is 205 Å². The number of carbonyl (C=O) groups excluding carboxylic acids is 1. The molecule has 0 saturated heterocycles. The van der Waals surface area contributed by atoms with E-state index in [4.69, 9.17) is 9.47 Å². The summed E-state index contributed by atoms with van der Waals surface area (Å²) in [5.41, 5.74) is 4.38. The number of allylic oxidation sites excluding steroid dienone is 4. The molecule has 1 aliphatic rings. The van der Waals surface area contributed by atoms with E-state index in [0.29, 0.717) is 6.42 Å². The molecule has 0 aromatic heterocycles. The van der Waals surface area contributed by atoms with Crippen molar-refractivity contribution >= 4 is 5.97 Å². The highest BCUT2D eigenvalue weighted by Gasteiger charge is 2.34. The zero-order valence-electron chi connectivity index (χ0n) is 34.5. The highest BCUT2D eigenvalue weighted by molar-refractivity contribution is 5.74. The van der Waals surface area contributed by atoms with E-state index in [1.807, 2.05) is 0 Å². The molecule has 0 N–H and O–H groups in total. The van der Waals surface area contributed by atoms with Crippen LogP contribution < -0.4 is 9.47 Å². The molecule has 0 fully saturated rings. The molecule has 50 heavy (non-hydrogen) atoms. The standard InChI is InChI=1S/C47H80O3/c1-10-11-12-13-14-15-16-17-18-19-20-21-22-23-24-33-44(48)49-45-40(6)41(7)46-43(42(45)8)34-36-47(9,50-46)35-27-32-39(5)31-26-30-38(4)29-25-28-37(2)3/h14-15,17-18,37-39H,10-13,16,19-36H2,1-9H3/b15-14-,18-17-/t38-,39-,47+/m0/s1. The summed E-state index contributed by atoms with van der Waals surface area (Å²) in [7, 11) is 0. The molecule has 1 aromatic rings. The number of rotatable bonds is 27. The lowest BCUT2D eigenvalue weighted by Gasteiger charge is -2.38. The number of ether oxygens (including phenoxy) is 2. The zero-order valence-corrected chi connectivity index (χ0v) is 34.5. The molecule has 0 spiro atoms. The van der Waals surface area contributed by atoms with Gasteiger partial charge in [-0.2, -0.15) is 0 Å². The fraction of sp³-hybridized carbons (Fsp3) is 0.766. The van der Waals surface area contributed by atoms with E-state index in [-0.39, 0.29) is 11.6 Å². The maximum Gasteiger partial charge on any atom is 0.311 e. The lowest BCUT2D eigenvalue weighted by atomic mass is 9.83. The monoisotopic (exact) mass is 693 g/mol. The van der Waals surface area contributed by atoms with Gasteiger partial charge in [0.15, 0.2) is 0 Å². The minimum atomic E-state index is -0.124. The summed E-state index contributed by atoms with van der Waals surface area (Å²) in [5.74, 6) is 4.19. The van der Waals surface area contributed by atoms with Crippen LogP contribution in [-0.4, -0.2) is 11.6 Å². The maximum absolute atomic E-state index is 12.9. The number of carbonyl (C=O) groups is 1. The molecule has 0 amide bonds. The van der Waals surface area contributed by atoms with E-state index in [1.54, 1.807) is 0 Å². The van der Waals surface area contributed by atoms with Crippen molar-refractivity contribution in [2.45, 2.75) is 216 Å². The molecule has 286 valence electrons. The van der Waals surface area contributed by atoms with Crippen molar-refractivity contribution in [3.63, 3.8) is 0 Å². The highest BCUT2D eigenvalue weighted by atomic mass is 16.5. The first-order chi connectivity index (χ1) is 24.0. The smallest absolute Gasteiger partial charge is 0.311 e. The third kappa shape index (κ3) is 17.5. The minimum absolute atomic E-state index is 0.0995. The summed E-state index contributed by atoms with van der Waals surface area (Å²) in [6.45, 7) is 20.5. The summed E-state index contributed by atoms with van der Waals surface area (Å²) in [4.78, 5) is 12.9. The zero-order chi connectivity index (χ0) is 36.8. The van der Waals surface area contributed by atoms with E-state index in [0.717, 1.165) is 90.9 Å². The van der Waals surface area contributed by atoms with E-state index in [9.17, 15) is 4.79 Å². The van der Waals surface area contributed by atoms with Crippen molar-refractivity contribution < 1.29 is 14.3 Å². The largest absolute Gasteiger partial charge is 0.487 e. The van der Waals surface area contributed by atoms with Crippen LogP contribution in [0.15, 0.2) is 24.3 Å². The maximum atomic E-state index is 12.9. The van der Waals surface area contributed by atoms with Gasteiger partial charge in [0.05, 0.1) is 0 Å². The van der Waals surface area contributed by atoms with Crippen LogP contribution in [0.4, 0.5) is 0 Å². The van der Waals surface area contributed by atoms with Crippen molar-refractivity contribution in [2.75, 3.05) is 0 Å². The van der Waals surface area contributed by atoms with E-state index in [2.05, 4.69) is 86.6 Å². The Bertz CT molecular complexity index is 1140. The molecule has 0 unspecified atom stereocenters. The molecule has 2 rings (SSSR count). The first kappa shape index (κ1) is 44.1. The predicted molar refractivity (Wildman–Crippen MR) is 218 cm³/mol. The van der Waals surface area contributed by atoms with Crippen LogP contribution in [-0.2, 0) is 11.2 Å². The molecule has 0 aliphatic carbocycles. The van der Waals surface area contributed by atoms with Gasteiger partial charge in [0, 0.05) is 12.0 Å². The van der Waals surface area contributed by atoms with Crippen molar-refractivity contribution in [2.24, 2.45) is 17.8 Å². The molecule has 1 aromatic carbocycles. The summed E-state index contributed by atoms with van der Waals surface area (Å²) < 4.78 is 12.9. The quantitative estimate of drug-likeness (QED) is 0.0398. The number of hydrogen-bond donors (Lipinski definition) is 0. The third-order valence-electron chi connectivity index (χ3n) is 11.4. The Kier molecular flexibility index (Phi) is 22.1. The van der Waals surface area contributed by atoms with Crippen molar-refractivity contribution in [3.05, 3.63) is 46.6 Å². The second-order valence-electron chi connectivity index (χ2n) is 16.9. The minimum Gasteiger partial charge on any atom is -0.487 e.